The second-order valence-electron chi connectivity index (χ2n) is 4.36. The van der Waals surface area contributed by atoms with Crippen LogP contribution in [0.15, 0.2) is 28.5 Å². The van der Waals surface area contributed by atoms with Gasteiger partial charge in [0.2, 0.25) is 9.84 Å². The lowest BCUT2D eigenvalue weighted by Gasteiger charge is -2.09. The lowest BCUT2D eigenvalue weighted by atomic mass is 10.1. The van der Waals surface area contributed by atoms with Gasteiger partial charge < -0.3 is 5.32 Å². The van der Waals surface area contributed by atoms with Gasteiger partial charge in [-0.05, 0) is 23.8 Å². The Morgan fingerprint density at radius 3 is 2.71 bits per heavy atom. The molecule has 0 radical (unpaired) electrons. The number of halogens is 1. The fourth-order valence-electron chi connectivity index (χ4n) is 1.77. The predicted octanol–water partition coefficient (Wildman–Crippen LogP) is 2.47. The van der Waals surface area contributed by atoms with Crippen LogP contribution in [0.3, 0.4) is 0 Å². The van der Waals surface area contributed by atoms with E-state index >= 15 is 0 Å². The highest BCUT2D eigenvalue weighted by Gasteiger charge is 2.26. The monoisotopic (exact) mass is 271 g/mol. The maximum absolute atomic E-state index is 11.9. The molecule has 0 saturated heterocycles. The van der Waals surface area contributed by atoms with Crippen molar-refractivity contribution in [2.24, 2.45) is 0 Å². The number of fused-ring (bicyclic) bond motifs is 1. The fourth-order valence-corrected chi connectivity index (χ4v) is 3.40. The lowest BCUT2D eigenvalue weighted by Crippen LogP contribution is -2.24. The molecule has 0 saturated carbocycles. The maximum atomic E-state index is 11.9. The molecule has 1 aliphatic heterocycles. The molecule has 0 aromatic heterocycles. The molecule has 1 aromatic rings. The Balaban J connectivity index is 2.41. The molecule has 92 valence electrons. The van der Waals surface area contributed by atoms with Crippen LogP contribution >= 0.6 is 11.6 Å². The molecule has 0 fully saturated rings. The van der Waals surface area contributed by atoms with Crippen LogP contribution in [0.5, 0.6) is 0 Å². The van der Waals surface area contributed by atoms with Crippen molar-refractivity contribution >= 4 is 27.0 Å². The largest absolute Gasteiger partial charge is 0.310 e. The average molecular weight is 272 g/mol. The van der Waals surface area contributed by atoms with E-state index < -0.39 is 9.84 Å². The van der Waals surface area contributed by atoms with E-state index in [1.807, 2.05) is 13.8 Å². The van der Waals surface area contributed by atoms with E-state index in [4.69, 9.17) is 11.6 Å². The molecule has 1 aliphatic rings. The Morgan fingerprint density at radius 2 is 2.06 bits per heavy atom. The number of nitrogens with one attached hydrogen (secondary N) is 1. The third kappa shape index (κ3) is 2.54. The first-order valence-corrected chi connectivity index (χ1v) is 7.31. The second-order valence-corrected chi connectivity index (χ2v) is 6.57. The standard InChI is InChI=1S/C12H14ClNO2S/c1-8(2)14-6-9-7-17(15,16)12-4-3-10(13)5-11(9)12/h3-5,7-8,14H,6H2,1-2H3. The van der Waals surface area contributed by atoms with E-state index in [9.17, 15) is 8.42 Å². The van der Waals surface area contributed by atoms with Crippen molar-refractivity contribution in [2.75, 3.05) is 6.54 Å². The molecule has 17 heavy (non-hydrogen) atoms. The van der Waals surface area contributed by atoms with Gasteiger partial charge in [-0.2, -0.15) is 0 Å². The van der Waals surface area contributed by atoms with Gasteiger partial charge in [0.1, 0.15) is 0 Å². The van der Waals surface area contributed by atoms with Gasteiger partial charge in [-0.1, -0.05) is 25.4 Å². The van der Waals surface area contributed by atoms with Crippen LogP contribution in [0.4, 0.5) is 0 Å². The van der Waals surface area contributed by atoms with Crippen molar-refractivity contribution in [3.8, 4) is 0 Å². The second kappa shape index (κ2) is 4.44. The summed E-state index contributed by atoms with van der Waals surface area (Å²) >= 11 is 5.90. The van der Waals surface area contributed by atoms with Gasteiger partial charge in [0.05, 0.1) is 4.90 Å². The van der Waals surface area contributed by atoms with Gasteiger partial charge in [0, 0.05) is 28.6 Å². The Bertz CT molecular complexity index is 576. The highest BCUT2D eigenvalue weighted by Crippen LogP contribution is 2.34. The van der Waals surface area contributed by atoms with Crippen molar-refractivity contribution in [3.63, 3.8) is 0 Å². The lowest BCUT2D eigenvalue weighted by molar-refractivity contribution is 0.605. The zero-order valence-electron chi connectivity index (χ0n) is 9.70. The SMILES string of the molecule is CC(C)NCC1=CS(=O)(=O)c2ccc(Cl)cc21. The number of benzene rings is 1. The molecule has 0 unspecified atom stereocenters. The van der Waals surface area contributed by atoms with Crippen LogP contribution in [0, 0.1) is 0 Å². The third-order valence-corrected chi connectivity index (χ3v) is 4.39. The van der Waals surface area contributed by atoms with Crippen LogP contribution in [-0.4, -0.2) is 21.0 Å². The van der Waals surface area contributed by atoms with E-state index in [1.54, 1.807) is 18.2 Å². The summed E-state index contributed by atoms with van der Waals surface area (Å²) < 4.78 is 23.7. The summed E-state index contributed by atoms with van der Waals surface area (Å²) in [7, 11) is -3.28. The van der Waals surface area contributed by atoms with Gasteiger partial charge in [0.15, 0.2) is 0 Å². The third-order valence-electron chi connectivity index (χ3n) is 2.59. The van der Waals surface area contributed by atoms with Crippen LogP contribution in [-0.2, 0) is 9.84 Å². The summed E-state index contributed by atoms with van der Waals surface area (Å²) in [6.07, 6.45) is 0. The molecular formula is C12H14ClNO2S. The maximum Gasteiger partial charge on any atom is 0.200 e. The van der Waals surface area contributed by atoms with Gasteiger partial charge in [0.25, 0.3) is 0 Å². The highest BCUT2D eigenvalue weighted by atomic mass is 35.5. The van der Waals surface area contributed by atoms with E-state index in [1.165, 1.54) is 5.41 Å². The van der Waals surface area contributed by atoms with Gasteiger partial charge in [-0.15, -0.1) is 0 Å². The van der Waals surface area contributed by atoms with Gasteiger partial charge in [-0.3, -0.25) is 0 Å². The number of rotatable bonds is 3. The fraction of sp³-hybridized carbons (Fsp3) is 0.333. The summed E-state index contributed by atoms with van der Waals surface area (Å²) in [5.74, 6) is 0. The zero-order valence-corrected chi connectivity index (χ0v) is 11.3. The van der Waals surface area contributed by atoms with Crippen molar-refractivity contribution in [1.82, 2.24) is 5.32 Å². The topological polar surface area (TPSA) is 46.2 Å². The number of hydrogen-bond donors (Lipinski definition) is 1. The minimum atomic E-state index is -3.28. The van der Waals surface area contributed by atoms with Crippen LogP contribution < -0.4 is 5.32 Å². The Morgan fingerprint density at radius 1 is 1.35 bits per heavy atom. The molecule has 3 nitrogen and oxygen atoms in total. The first kappa shape index (κ1) is 12.6. The predicted molar refractivity (Wildman–Crippen MR) is 69.8 cm³/mol. The molecule has 0 aliphatic carbocycles. The van der Waals surface area contributed by atoms with Crippen molar-refractivity contribution in [3.05, 3.63) is 34.2 Å². The highest BCUT2D eigenvalue weighted by molar-refractivity contribution is 7.95. The minimum absolute atomic E-state index is 0.307. The summed E-state index contributed by atoms with van der Waals surface area (Å²) in [5, 5.41) is 5.08. The van der Waals surface area contributed by atoms with Gasteiger partial charge >= 0.3 is 0 Å². The molecule has 0 amide bonds. The van der Waals surface area contributed by atoms with Crippen LogP contribution in [0.25, 0.3) is 5.57 Å². The Hall–Kier alpha value is -0.840. The molecule has 2 rings (SSSR count). The van der Waals surface area contributed by atoms with E-state index in [0.29, 0.717) is 28.1 Å². The molecular weight excluding hydrogens is 258 g/mol. The molecule has 1 heterocycles. The first-order valence-electron chi connectivity index (χ1n) is 5.39. The smallest absolute Gasteiger partial charge is 0.200 e. The molecule has 0 bridgehead atoms. The van der Waals surface area contributed by atoms with E-state index in [2.05, 4.69) is 5.32 Å². The molecule has 5 heteroatoms. The van der Waals surface area contributed by atoms with Crippen molar-refractivity contribution in [1.29, 1.82) is 0 Å². The van der Waals surface area contributed by atoms with Crippen LogP contribution in [0.2, 0.25) is 5.02 Å². The summed E-state index contributed by atoms with van der Waals surface area (Å²) in [6.45, 7) is 4.57. The summed E-state index contributed by atoms with van der Waals surface area (Å²) in [4.78, 5) is 0.349. The molecule has 0 atom stereocenters. The molecule has 1 aromatic carbocycles. The van der Waals surface area contributed by atoms with E-state index in [-0.39, 0.29) is 0 Å². The first-order chi connectivity index (χ1) is 7.90. The number of sulfone groups is 1. The Labute approximate surface area is 106 Å². The molecule has 1 N–H and O–H groups in total. The average Bonchev–Trinajstić information content (AvgIpc) is 2.47. The van der Waals surface area contributed by atoms with Gasteiger partial charge in [-0.25, -0.2) is 8.42 Å². The summed E-state index contributed by atoms with van der Waals surface area (Å²) in [5.41, 5.74) is 1.49. The Kier molecular flexibility index (Phi) is 3.30. The van der Waals surface area contributed by atoms with Crippen molar-refractivity contribution in [2.45, 2.75) is 24.8 Å². The minimum Gasteiger partial charge on any atom is -0.310 e. The molecule has 0 spiro atoms. The normalized spacial score (nSPS) is 17.1. The summed E-state index contributed by atoms with van der Waals surface area (Å²) in [6, 6.07) is 5.17. The quantitative estimate of drug-likeness (QED) is 0.919. The number of hydrogen-bond acceptors (Lipinski definition) is 3. The van der Waals surface area contributed by atoms with E-state index in [0.717, 1.165) is 5.57 Å². The van der Waals surface area contributed by atoms with Crippen molar-refractivity contribution < 1.29 is 8.42 Å². The zero-order chi connectivity index (χ0) is 12.6. The van der Waals surface area contributed by atoms with Crippen LogP contribution in [0.1, 0.15) is 19.4 Å².